The van der Waals surface area contributed by atoms with Gasteiger partial charge in [-0.15, -0.1) is 11.8 Å². The number of hydrogen-bond acceptors (Lipinski definition) is 3. The molecule has 0 fully saturated rings. The highest BCUT2D eigenvalue weighted by atomic mass is 32.2. The van der Waals surface area contributed by atoms with Crippen molar-refractivity contribution in [3.05, 3.63) is 24.3 Å². The van der Waals surface area contributed by atoms with Crippen LogP contribution in [0.3, 0.4) is 0 Å². The second-order valence-electron chi connectivity index (χ2n) is 4.69. The van der Waals surface area contributed by atoms with Gasteiger partial charge >= 0.3 is 5.97 Å². The average molecular weight is 267 g/mol. The number of carbonyl (C=O) groups is 1. The van der Waals surface area contributed by atoms with Crippen LogP contribution in [-0.4, -0.2) is 29.9 Å². The van der Waals surface area contributed by atoms with E-state index in [2.05, 4.69) is 30.9 Å². The Morgan fingerprint density at radius 1 is 1.39 bits per heavy atom. The Morgan fingerprint density at radius 3 is 2.56 bits per heavy atom. The largest absolute Gasteiger partial charge is 0.481 e. The van der Waals surface area contributed by atoms with Crippen LogP contribution in [0.4, 0.5) is 5.69 Å². The molecule has 0 heterocycles. The van der Waals surface area contributed by atoms with Crippen LogP contribution in [0.5, 0.6) is 0 Å². The zero-order valence-corrected chi connectivity index (χ0v) is 12.2. The highest BCUT2D eigenvalue weighted by Gasteiger charge is 2.18. The Morgan fingerprint density at radius 2 is 2.06 bits per heavy atom. The molecule has 0 aliphatic heterocycles. The fourth-order valence-electron chi connectivity index (χ4n) is 1.78. The van der Waals surface area contributed by atoms with Gasteiger partial charge in [-0.1, -0.05) is 13.0 Å². The van der Waals surface area contributed by atoms with Crippen molar-refractivity contribution in [2.75, 3.05) is 17.7 Å². The zero-order chi connectivity index (χ0) is 13.7. The molecular formula is C14H21NO2S. The van der Waals surface area contributed by atoms with Gasteiger partial charge in [0.25, 0.3) is 0 Å². The summed E-state index contributed by atoms with van der Waals surface area (Å²) in [7, 11) is 0. The Hall–Kier alpha value is -1.16. The van der Waals surface area contributed by atoms with Crippen molar-refractivity contribution < 1.29 is 9.90 Å². The van der Waals surface area contributed by atoms with Gasteiger partial charge in [-0.05, 0) is 38.3 Å². The van der Waals surface area contributed by atoms with Gasteiger partial charge < -0.3 is 10.0 Å². The Balaban J connectivity index is 2.93. The van der Waals surface area contributed by atoms with E-state index < -0.39 is 5.97 Å². The number of rotatable bonds is 6. The second-order valence-corrected chi connectivity index (χ2v) is 5.57. The van der Waals surface area contributed by atoms with Crippen LogP contribution in [0.25, 0.3) is 0 Å². The first kappa shape index (κ1) is 14.9. The number of aliphatic carboxylic acids is 1. The highest BCUT2D eigenvalue weighted by Crippen LogP contribution is 2.24. The molecule has 0 aromatic heterocycles. The van der Waals surface area contributed by atoms with E-state index in [4.69, 9.17) is 5.11 Å². The van der Waals surface area contributed by atoms with Gasteiger partial charge in [0, 0.05) is 23.2 Å². The van der Waals surface area contributed by atoms with Crippen LogP contribution in [0.15, 0.2) is 29.2 Å². The van der Waals surface area contributed by atoms with E-state index in [0.717, 1.165) is 5.69 Å². The summed E-state index contributed by atoms with van der Waals surface area (Å²) in [5, 5.41) is 9.03. The van der Waals surface area contributed by atoms with Crippen molar-refractivity contribution in [2.45, 2.75) is 31.7 Å². The standard InChI is InChI=1S/C14H21NO2S/c1-10(2)15(9-11(3)14(16)17)12-6-5-7-13(8-12)18-4/h5-8,10-11H,9H2,1-4H3,(H,16,17). The van der Waals surface area contributed by atoms with Gasteiger partial charge in [-0.2, -0.15) is 0 Å². The molecule has 1 unspecified atom stereocenters. The molecule has 0 bridgehead atoms. The smallest absolute Gasteiger partial charge is 0.308 e. The molecule has 18 heavy (non-hydrogen) atoms. The SMILES string of the molecule is CSc1cccc(N(CC(C)C(=O)O)C(C)C)c1. The van der Waals surface area contributed by atoms with Crippen molar-refractivity contribution in [1.29, 1.82) is 0 Å². The molecule has 1 N–H and O–H groups in total. The lowest BCUT2D eigenvalue weighted by molar-refractivity contribution is -0.140. The van der Waals surface area contributed by atoms with E-state index in [1.54, 1.807) is 18.7 Å². The molecule has 0 amide bonds. The number of carboxylic acid groups (broad SMARTS) is 1. The average Bonchev–Trinajstić information content (AvgIpc) is 2.35. The summed E-state index contributed by atoms with van der Waals surface area (Å²) in [6.07, 6.45) is 2.04. The van der Waals surface area contributed by atoms with Gasteiger partial charge in [0.1, 0.15) is 0 Å². The molecule has 1 rings (SSSR count). The Labute approximate surface area is 113 Å². The minimum atomic E-state index is -0.748. The van der Waals surface area contributed by atoms with Crippen LogP contribution < -0.4 is 4.90 Å². The lowest BCUT2D eigenvalue weighted by Gasteiger charge is -2.30. The molecule has 0 radical (unpaired) electrons. The highest BCUT2D eigenvalue weighted by molar-refractivity contribution is 7.98. The van der Waals surface area contributed by atoms with E-state index in [-0.39, 0.29) is 12.0 Å². The van der Waals surface area contributed by atoms with E-state index in [0.29, 0.717) is 6.54 Å². The molecule has 1 aromatic carbocycles. The Bertz CT molecular complexity index is 407. The summed E-state index contributed by atoms with van der Waals surface area (Å²) in [5.41, 5.74) is 1.09. The third kappa shape index (κ3) is 3.95. The zero-order valence-electron chi connectivity index (χ0n) is 11.4. The predicted octanol–water partition coefficient (Wildman–Crippen LogP) is 3.34. The molecule has 100 valence electrons. The maximum Gasteiger partial charge on any atom is 0.308 e. The van der Waals surface area contributed by atoms with Gasteiger partial charge in [0.15, 0.2) is 0 Å². The number of hydrogen-bond donors (Lipinski definition) is 1. The maximum absolute atomic E-state index is 11.0. The summed E-state index contributed by atoms with van der Waals surface area (Å²) in [4.78, 5) is 14.3. The van der Waals surface area contributed by atoms with Crippen molar-refractivity contribution in [3.63, 3.8) is 0 Å². The minimum Gasteiger partial charge on any atom is -0.481 e. The molecule has 0 saturated carbocycles. The van der Waals surface area contributed by atoms with E-state index in [1.807, 2.05) is 18.4 Å². The summed E-state index contributed by atoms with van der Waals surface area (Å²) in [6, 6.07) is 8.51. The molecule has 0 aliphatic carbocycles. The molecular weight excluding hydrogens is 246 g/mol. The fraction of sp³-hybridized carbons (Fsp3) is 0.500. The van der Waals surface area contributed by atoms with E-state index in [1.165, 1.54) is 4.90 Å². The number of nitrogens with zero attached hydrogens (tertiary/aromatic N) is 1. The lowest BCUT2D eigenvalue weighted by atomic mass is 10.1. The number of anilines is 1. The first-order valence-corrected chi connectivity index (χ1v) is 7.31. The quantitative estimate of drug-likeness (QED) is 0.803. The van der Waals surface area contributed by atoms with Crippen molar-refractivity contribution in [3.8, 4) is 0 Å². The van der Waals surface area contributed by atoms with E-state index in [9.17, 15) is 4.79 Å². The summed E-state index contributed by atoms with van der Waals surface area (Å²) >= 11 is 1.69. The minimum absolute atomic E-state index is 0.281. The molecule has 1 aromatic rings. The van der Waals surface area contributed by atoms with Gasteiger partial charge in [0.2, 0.25) is 0 Å². The predicted molar refractivity (Wildman–Crippen MR) is 77.5 cm³/mol. The summed E-state index contributed by atoms with van der Waals surface area (Å²) in [5.74, 6) is -1.12. The first-order valence-electron chi connectivity index (χ1n) is 6.09. The summed E-state index contributed by atoms with van der Waals surface area (Å²) < 4.78 is 0. The third-order valence-electron chi connectivity index (χ3n) is 2.90. The van der Waals surface area contributed by atoms with Gasteiger partial charge in [-0.25, -0.2) is 0 Å². The molecule has 0 spiro atoms. The lowest BCUT2D eigenvalue weighted by Crippen LogP contribution is -2.37. The maximum atomic E-state index is 11.0. The normalized spacial score (nSPS) is 12.5. The first-order chi connectivity index (χ1) is 8.45. The fourth-order valence-corrected chi connectivity index (χ4v) is 2.23. The van der Waals surface area contributed by atoms with Crippen molar-refractivity contribution in [2.24, 2.45) is 5.92 Å². The van der Waals surface area contributed by atoms with Crippen LogP contribution in [0, 0.1) is 5.92 Å². The molecule has 0 saturated heterocycles. The Kier molecular flexibility index (Phi) is 5.54. The van der Waals surface area contributed by atoms with Crippen LogP contribution in [-0.2, 0) is 4.79 Å². The molecule has 1 atom stereocenters. The topological polar surface area (TPSA) is 40.5 Å². The molecule has 0 aliphatic rings. The summed E-state index contributed by atoms with van der Waals surface area (Å²) in [6.45, 7) is 6.45. The van der Waals surface area contributed by atoms with Crippen molar-refractivity contribution >= 4 is 23.4 Å². The van der Waals surface area contributed by atoms with Crippen LogP contribution in [0.1, 0.15) is 20.8 Å². The van der Waals surface area contributed by atoms with Gasteiger partial charge in [-0.3, -0.25) is 4.79 Å². The van der Waals surface area contributed by atoms with Crippen molar-refractivity contribution in [1.82, 2.24) is 0 Å². The van der Waals surface area contributed by atoms with E-state index >= 15 is 0 Å². The third-order valence-corrected chi connectivity index (χ3v) is 3.63. The van der Waals surface area contributed by atoms with Gasteiger partial charge in [0.05, 0.1) is 5.92 Å². The molecule has 4 heteroatoms. The van der Waals surface area contributed by atoms with Crippen LogP contribution in [0.2, 0.25) is 0 Å². The number of carboxylic acids is 1. The monoisotopic (exact) mass is 267 g/mol. The number of benzene rings is 1. The second kappa shape index (κ2) is 6.69. The van der Waals surface area contributed by atoms with Crippen LogP contribution >= 0.6 is 11.8 Å². The number of thioether (sulfide) groups is 1. The molecule has 3 nitrogen and oxygen atoms in total.